The summed E-state index contributed by atoms with van der Waals surface area (Å²) in [4.78, 5) is 16.9. The first-order chi connectivity index (χ1) is 10.8. The van der Waals surface area contributed by atoms with Crippen molar-refractivity contribution < 1.29 is 4.79 Å². The molecule has 4 rings (SSSR count). The molecule has 4 heteroatoms. The molecule has 2 aliphatic rings. The molecule has 1 amide bonds. The van der Waals surface area contributed by atoms with Crippen molar-refractivity contribution in [3.63, 3.8) is 0 Å². The van der Waals surface area contributed by atoms with Crippen molar-refractivity contribution in [3.05, 3.63) is 46.3 Å². The van der Waals surface area contributed by atoms with Crippen LogP contribution in [0.5, 0.6) is 0 Å². The number of hydrogen-bond donors (Lipinski definition) is 1. The lowest BCUT2D eigenvalue weighted by Crippen LogP contribution is -2.29. The van der Waals surface area contributed by atoms with Crippen LogP contribution in [0.1, 0.15) is 27.2 Å². The number of nitrogens with zero attached hydrogens (tertiary/aromatic N) is 1. The number of likely N-dealkylation sites (tertiary alicyclic amines) is 1. The smallest absolute Gasteiger partial charge is 0.263 e. The van der Waals surface area contributed by atoms with Gasteiger partial charge < -0.3 is 10.6 Å². The Morgan fingerprint density at radius 2 is 2.09 bits per heavy atom. The summed E-state index contributed by atoms with van der Waals surface area (Å²) >= 11 is 1.66. The van der Waals surface area contributed by atoms with Gasteiger partial charge >= 0.3 is 0 Å². The SMILES string of the molecule is NCC1CCN(C(=O)c2cc3c(s2)-c2ccccc2CC3)C1. The molecule has 2 N–H and O–H groups in total. The van der Waals surface area contributed by atoms with Crippen molar-refractivity contribution in [2.75, 3.05) is 19.6 Å². The van der Waals surface area contributed by atoms with E-state index in [9.17, 15) is 4.79 Å². The first-order valence-electron chi connectivity index (χ1n) is 7.96. The molecule has 1 fully saturated rings. The van der Waals surface area contributed by atoms with Crippen LogP contribution >= 0.6 is 11.3 Å². The summed E-state index contributed by atoms with van der Waals surface area (Å²) in [6, 6.07) is 10.7. The van der Waals surface area contributed by atoms with Gasteiger partial charge in [-0.05, 0) is 54.5 Å². The van der Waals surface area contributed by atoms with E-state index >= 15 is 0 Å². The van der Waals surface area contributed by atoms with Crippen LogP contribution < -0.4 is 5.73 Å². The first kappa shape index (κ1) is 14.0. The predicted molar refractivity (Wildman–Crippen MR) is 90.2 cm³/mol. The standard InChI is InChI=1S/C18H20N2OS/c19-10-12-7-8-20(11-12)18(21)16-9-14-6-5-13-3-1-2-4-15(13)17(14)22-16/h1-4,9,12H,5-8,10-11,19H2. The third-order valence-corrected chi connectivity index (χ3v) is 6.05. The van der Waals surface area contributed by atoms with Crippen molar-refractivity contribution in [1.29, 1.82) is 0 Å². The van der Waals surface area contributed by atoms with Gasteiger partial charge in [-0.2, -0.15) is 0 Å². The van der Waals surface area contributed by atoms with Gasteiger partial charge in [0.1, 0.15) is 0 Å². The average Bonchev–Trinajstić information content (AvgIpc) is 3.20. The topological polar surface area (TPSA) is 46.3 Å². The fourth-order valence-corrected chi connectivity index (χ4v) is 4.78. The number of carbonyl (C=O) groups is 1. The van der Waals surface area contributed by atoms with Crippen LogP contribution in [0.3, 0.4) is 0 Å². The number of rotatable bonds is 2. The molecular formula is C18H20N2OS. The number of aryl methyl sites for hydroxylation is 2. The van der Waals surface area contributed by atoms with Gasteiger partial charge in [-0.15, -0.1) is 11.3 Å². The number of hydrogen-bond acceptors (Lipinski definition) is 3. The van der Waals surface area contributed by atoms with Crippen LogP contribution in [-0.2, 0) is 12.8 Å². The van der Waals surface area contributed by atoms with E-state index in [0.29, 0.717) is 12.5 Å². The Morgan fingerprint density at radius 3 is 2.91 bits per heavy atom. The second-order valence-corrected chi connectivity index (χ2v) is 7.32. The molecule has 0 radical (unpaired) electrons. The molecule has 1 aliphatic carbocycles. The van der Waals surface area contributed by atoms with Crippen molar-refractivity contribution in [3.8, 4) is 10.4 Å². The third-order valence-electron chi connectivity index (χ3n) is 4.85. The number of benzene rings is 1. The summed E-state index contributed by atoms with van der Waals surface area (Å²) in [5.74, 6) is 0.659. The summed E-state index contributed by atoms with van der Waals surface area (Å²) in [7, 11) is 0. The van der Waals surface area contributed by atoms with Gasteiger partial charge in [0.05, 0.1) is 4.88 Å². The zero-order chi connectivity index (χ0) is 15.1. The van der Waals surface area contributed by atoms with Gasteiger partial charge in [-0.3, -0.25) is 4.79 Å². The normalized spacial score (nSPS) is 19.9. The van der Waals surface area contributed by atoms with E-state index in [-0.39, 0.29) is 5.91 Å². The van der Waals surface area contributed by atoms with E-state index in [1.807, 2.05) is 4.90 Å². The van der Waals surface area contributed by atoms with Crippen LogP contribution in [0, 0.1) is 5.92 Å². The summed E-state index contributed by atoms with van der Waals surface area (Å²) < 4.78 is 0. The average molecular weight is 312 g/mol. The molecule has 1 saturated heterocycles. The quantitative estimate of drug-likeness (QED) is 0.927. The molecule has 1 unspecified atom stereocenters. The second kappa shape index (κ2) is 5.52. The Bertz CT molecular complexity index is 722. The Kier molecular flexibility index (Phi) is 3.51. The van der Waals surface area contributed by atoms with Crippen LogP contribution in [0.2, 0.25) is 0 Å². The zero-order valence-corrected chi connectivity index (χ0v) is 13.4. The lowest BCUT2D eigenvalue weighted by Gasteiger charge is -2.15. The number of thiophene rings is 1. The van der Waals surface area contributed by atoms with Gasteiger partial charge in [-0.1, -0.05) is 24.3 Å². The highest BCUT2D eigenvalue weighted by Crippen LogP contribution is 2.40. The molecule has 0 bridgehead atoms. The van der Waals surface area contributed by atoms with Crippen molar-refractivity contribution in [2.24, 2.45) is 11.7 Å². The molecule has 0 saturated carbocycles. The molecule has 1 aromatic heterocycles. The summed E-state index contributed by atoms with van der Waals surface area (Å²) in [5.41, 5.74) is 9.78. The maximum absolute atomic E-state index is 12.7. The largest absolute Gasteiger partial charge is 0.338 e. The van der Waals surface area contributed by atoms with E-state index in [1.54, 1.807) is 11.3 Å². The van der Waals surface area contributed by atoms with Gasteiger partial charge in [0.25, 0.3) is 5.91 Å². The molecule has 2 aromatic rings. The lowest BCUT2D eigenvalue weighted by molar-refractivity contribution is 0.0792. The van der Waals surface area contributed by atoms with Crippen LogP contribution in [0.15, 0.2) is 30.3 Å². The molecule has 114 valence electrons. The Labute approximate surface area is 134 Å². The minimum Gasteiger partial charge on any atom is -0.338 e. The monoisotopic (exact) mass is 312 g/mol. The number of carbonyl (C=O) groups excluding carboxylic acids is 1. The first-order valence-corrected chi connectivity index (χ1v) is 8.78. The third kappa shape index (κ3) is 2.27. The van der Waals surface area contributed by atoms with Crippen LogP contribution in [-0.4, -0.2) is 30.4 Å². The fraction of sp³-hybridized carbons (Fsp3) is 0.389. The lowest BCUT2D eigenvalue weighted by atomic mass is 9.91. The molecule has 0 spiro atoms. The van der Waals surface area contributed by atoms with E-state index in [2.05, 4.69) is 30.3 Å². The zero-order valence-electron chi connectivity index (χ0n) is 12.5. The van der Waals surface area contributed by atoms with Crippen molar-refractivity contribution in [1.82, 2.24) is 4.90 Å². The maximum Gasteiger partial charge on any atom is 0.263 e. The van der Waals surface area contributed by atoms with E-state index in [1.165, 1.54) is 21.6 Å². The molecule has 1 aliphatic heterocycles. The van der Waals surface area contributed by atoms with E-state index < -0.39 is 0 Å². The van der Waals surface area contributed by atoms with Crippen LogP contribution in [0.4, 0.5) is 0 Å². The minimum atomic E-state index is 0.188. The predicted octanol–water partition coefficient (Wildman–Crippen LogP) is 2.93. The summed E-state index contributed by atoms with van der Waals surface area (Å²) in [5, 5.41) is 0. The molecule has 1 atom stereocenters. The number of fused-ring (bicyclic) bond motifs is 3. The molecule has 22 heavy (non-hydrogen) atoms. The molecular weight excluding hydrogens is 292 g/mol. The van der Waals surface area contributed by atoms with Crippen molar-refractivity contribution >= 4 is 17.2 Å². The van der Waals surface area contributed by atoms with Gasteiger partial charge in [0.15, 0.2) is 0 Å². The highest BCUT2D eigenvalue weighted by Gasteiger charge is 2.28. The second-order valence-electron chi connectivity index (χ2n) is 6.26. The Morgan fingerprint density at radius 1 is 1.27 bits per heavy atom. The number of amides is 1. The maximum atomic E-state index is 12.7. The molecule has 2 heterocycles. The highest BCUT2D eigenvalue weighted by atomic mass is 32.1. The Hall–Kier alpha value is -1.65. The van der Waals surface area contributed by atoms with Gasteiger partial charge in [0, 0.05) is 18.0 Å². The van der Waals surface area contributed by atoms with E-state index in [4.69, 9.17) is 5.73 Å². The summed E-state index contributed by atoms with van der Waals surface area (Å²) in [6.07, 6.45) is 3.16. The van der Waals surface area contributed by atoms with Gasteiger partial charge in [-0.25, -0.2) is 0 Å². The van der Waals surface area contributed by atoms with Crippen molar-refractivity contribution in [2.45, 2.75) is 19.3 Å². The van der Waals surface area contributed by atoms with E-state index in [0.717, 1.165) is 37.2 Å². The molecule has 1 aromatic carbocycles. The highest BCUT2D eigenvalue weighted by molar-refractivity contribution is 7.17. The number of nitrogens with two attached hydrogens (primary N) is 1. The van der Waals surface area contributed by atoms with Gasteiger partial charge in [0.2, 0.25) is 0 Å². The molecule has 3 nitrogen and oxygen atoms in total. The minimum absolute atomic E-state index is 0.188. The summed E-state index contributed by atoms with van der Waals surface area (Å²) in [6.45, 7) is 2.34. The van der Waals surface area contributed by atoms with Crippen LogP contribution in [0.25, 0.3) is 10.4 Å². The Balaban J connectivity index is 1.64. The fourth-order valence-electron chi connectivity index (χ4n) is 3.54.